The Kier molecular flexibility index (Phi) is 4.88. The number of aromatic nitrogens is 2. The molecule has 0 spiro atoms. The van der Waals surface area contributed by atoms with E-state index in [9.17, 15) is 9.18 Å². The van der Waals surface area contributed by atoms with Crippen molar-refractivity contribution >= 4 is 28.8 Å². The monoisotopic (exact) mass is 310 g/mol. The summed E-state index contributed by atoms with van der Waals surface area (Å²) in [5.41, 5.74) is 1.42. The number of aliphatic carboxylic acids is 1. The van der Waals surface area contributed by atoms with Crippen LogP contribution in [0.15, 0.2) is 23.4 Å². The number of rotatable bonds is 6. The van der Waals surface area contributed by atoms with E-state index in [0.717, 1.165) is 11.9 Å². The Bertz CT molecular complexity index is 654. The number of hydrogen-bond acceptors (Lipinski definition) is 3. The highest BCUT2D eigenvalue weighted by molar-refractivity contribution is 7.99. The molecule has 1 atom stereocenters. The van der Waals surface area contributed by atoms with Gasteiger partial charge in [-0.1, -0.05) is 32.5 Å². The second-order valence-corrected chi connectivity index (χ2v) is 6.24. The number of carbonyl (C=O) groups is 1. The lowest BCUT2D eigenvalue weighted by atomic mass is 10.0. The van der Waals surface area contributed by atoms with Gasteiger partial charge in [0.1, 0.15) is 5.82 Å². The first-order chi connectivity index (χ1) is 9.93. The van der Waals surface area contributed by atoms with Crippen LogP contribution >= 0.6 is 11.8 Å². The largest absolute Gasteiger partial charge is 0.481 e. The molecule has 0 aliphatic rings. The molecule has 21 heavy (non-hydrogen) atoms. The van der Waals surface area contributed by atoms with E-state index in [1.54, 1.807) is 6.07 Å². The van der Waals surface area contributed by atoms with E-state index >= 15 is 0 Å². The smallest absolute Gasteiger partial charge is 0.313 e. The van der Waals surface area contributed by atoms with Crippen LogP contribution in [0.1, 0.15) is 33.2 Å². The van der Waals surface area contributed by atoms with Crippen LogP contribution in [0, 0.1) is 11.7 Å². The third-order valence-electron chi connectivity index (χ3n) is 3.46. The molecule has 0 fully saturated rings. The number of benzene rings is 1. The molecule has 1 heterocycles. The highest BCUT2D eigenvalue weighted by atomic mass is 32.2. The Morgan fingerprint density at radius 1 is 1.48 bits per heavy atom. The fourth-order valence-corrected chi connectivity index (χ4v) is 3.34. The van der Waals surface area contributed by atoms with E-state index in [2.05, 4.69) is 25.8 Å². The van der Waals surface area contributed by atoms with Gasteiger partial charge < -0.3 is 9.67 Å². The van der Waals surface area contributed by atoms with Crippen molar-refractivity contribution < 1.29 is 14.3 Å². The predicted molar refractivity (Wildman–Crippen MR) is 82.2 cm³/mol. The maximum Gasteiger partial charge on any atom is 0.313 e. The number of carboxylic acids is 1. The molecule has 1 N–H and O–H groups in total. The summed E-state index contributed by atoms with van der Waals surface area (Å²) in [6.07, 6.45) is 0.904. The van der Waals surface area contributed by atoms with E-state index in [0.29, 0.717) is 16.6 Å². The molecule has 114 valence electrons. The number of hydrogen-bond donors (Lipinski definition) is 1. The summed E-state index contributed by atoms with van der Waals surface area (Å²) in [4.78, 5) is 15.2. The van der Waals surface area contributed by atoms with Gasteiger partial charge in [-0.05, 0) is 24.5 Å². The minimum atomic E-state index is -0.887. The summed E-state index contributed by atoms with van der Waals surface area (Å²) < 4.78 is 15.4. The van der Waals surface area contributed by atoms with Crippen LogP contribution in [0.3, 0.4) is 0 Å². The second-order valence-electron chi connectivity index (χ2n) is 5.30. The molecule has 1 unspecified atom stereocenters. The summed E-state index contributed by atoms with van der Waals surface area (Å²) in [6, 6.07) is 4.73. The highest BCUT2D eigenvalue weighted by Gasteiger charge is 2.21. The van der Waals surface area contributed by atoms with Crippen molar-refractivity contribution in [2.75, 3.05) is 5.75 Å². The Labute approximate surface area is 127 Å². The molecular weight excluding hydrogens is 291 g/mol. The molecule has 0 aliphatic heterocycles. The van der Waals surface area contributed by atoms with Crippen LogP contribution in [-0.2, 0) is 4.79 Å². The molecule has 2 aromatic rings. The van der Waals surface area contributed by atoms with Crippen molar-refractivity contribution in [1.82, 2.24) is 9.55 Å². The molecule has 4 nitrogen and oxygen atoms in total. The third-order valence-corrected chi connectivity index (χ3v) is 4.40. The van der Waals surface area contributed by atoms with Crippen molar-refractivity contribution in [3.8, 4) is 0 Å². The average Bonchev–Trinajstić information content (AvgIpc) is 2.74. The third kappa shape index (κ3) is 3.37. The summed E-state index contributed by atoms with van der Waals surface area (Å²) >= 11 is 1.18. The fourth-order valence-electron chi connectivity index (χ4n) is 2.55. The summed E-state index contributed by atoms with van der Waals surface area (Å²) in [5.74, 6) is -0.899. The van der Waals surface area contributed by atoms with Crippen molar-refractivity contribution in [1.29, 1.82) is 0 Å². The molecule has 1 aromatic carbocycles. The molecular formula is C15H19FN2O2S. The van der Waals surface area contributed by atoms with Gasteiger partial charge in [-0.2, -0.15) is 0 Å². The lowest BCUT2D eigenvalue weighted by molar-refractivity contribution is -0.133. The van der Waals surface area contributed by atoms with Crippen molar-refractivity contribution in [2.24, 2.45) is 5.92 Å². The van der Waals surface area contributed by atoms with Gasteiger partial charge in [0.2, 0.25) is 0 Å². The van der Waals surface area contributed by atoms with Gasteiger partial charge in [0.05, 0.1) is 16.8 Å². The summed E-state index contributed by atoms with van der Waals surface area (Å²) in [5, 5.41) is 9.51. The number of nitrogens with zero attached hydrogens (tertiary/aromatic N) is 2. The van der Waals surface area contributed by atoms with Crippen molar-refractivity contribution in [3.63, 3.8) is 0 Å². The lowest BCUT2D eigenvalue weighted by Gasteiger charge is -2.23. The molecule has 0 aliphatic carbocycles. The molecule has 2 rings (SSSR count). The maximum atomic E-state index is 13.4. The fraction of sp³-hybridized carbons (Fsp3) is 0.467. The second kappa shape index (κ2) is 6.47. The molecule has 0 radical (unpaired) electrons. The van der Waals surface area contributed by atoms with Crippen LogP contribution < -0.4 is 0 Å². The zero-order valence-corrected chi connectivity index (χ0v) is 13.2. The van der Waals surface area contributed by atoms with Crippen LogP contribution in [0.25, 0.3) is 11.0 Å². The van der Waals surface area contributed by atoms with Crippen LogP contribution in [0.2, 0.25) is 0 Å². The topological polar surface area (TPSA) is 55.1 Å². The number of halogens is 1. The molecule has 0 saturated heterocycles. The first-order valence-electron chi connectivity index (χ1n) is 6.96. The zero-order valence-electron chi connectivity index (χ0n) is 12.3. The number of thioether (sulfide) groups is 1. The number of carboxylic acid groups (broad SMARTS) is 1. The van der Waals surface area contributed by atoms with Crippen LogP contribution in [-0.4, -0.2) is 26.4 Å². The van der Waals surface area contributed by atoms with Gasteiger partial charge in [0, 0.05) is 12.1 Å². The van der Waals surface area contributed by atoms with Crippen molar-refractivity contribution in [2.45, 2.75) is 38.4 Å². The predicted octanol–water partition coefficient (Wildman–Crippen LogP) is 3.96. The van der Waals surface area contributed by atoms with E-state index < -0.39 is 5.97 Å². The molecule has 6 heteroatoms. The van der Waals surface area contributed by atoms with Gasteiger partial charge in [0.25, 0.3) is 0 Å². The highest BCUT2D eigenvalue weighted by Crippen LogP contribution is 2.33. The first-order valence-corrected chi connectivity index (χ1v) is 7.94. The van der Waals surface area contributed by atoms with E-state index in [1.165, 1.54) is 23.9 Å². The number of imidazole rings is 1. The molecule has 0 amide bonds. The van der Waals surface area contributed by atoms with Crippen LogP contribution in [0.4, 0.5) is 4.39 Å². The SMILES string of the molecule is CCC(C(C)C)n1c(SCC(=O)O)nc2cc(F)ccc21. The Morgan fingerprint density at radius 2 is 2.19 bits per heavy atom. The van der Waals surface area contributed by atoms with Gasteiger partial charge in [-0.3, -0.25) is 4.79 Å². The van der Waals surface area contributed by atoms with Gasteiger partial charge in [-0.15, -0.1) is 0 Å². The number of fused-ring (bicyclic) bond motifs is 1. The van der Waals surface area contributed by atoms with Crippen molar-refractivity contribution in [3.05, 3.63) is 24.0 Å². The Balaban J connectivity index is 2.56. The van der Waals surface area contributed by atoms with Gasteiger partial charge in [-0.25, -0.2) is 9.37 Å². The first kappa shape index (κ1) is 15.8. The standard InChI is InChI=1S/C15H19FN2O2S/c1-4-12(9(2)3)18-13-6-5-10(16)7-11(13)17-15(18)21-8-14(19)20/h5-7,9,12H,4,8H2,1-3H3,(H,19,20). The van der Waals surface area contributed by atoms with Crippen LogP contribution in [0.5, 0.6) is 0 Å². The summed E-state index contributed by atoms with van der Waals surface area (Å²) in [6.45, 7) is 6.33. The summed E-state index contributed by atoms with van der Waals surface area (Å²) in [7, 11) is 0. The average molecular weight is 310 g/mol. The maximum absolute atomic E-state index is 13.4. The molecule has 1 aromatic heterocycles. The lowest BCUT2D eigenvalue weighted by Crippen LogP contribution is -2.15. The van der Waals surface area contributed by atoms with E-state index in [1.807, 2.05) is 4.57 Å². The minimum absolute atomic E-state index is 0.0552. The zero-order chi connectivity index (χ0) is 15.6. The van der Waals surface area contributed by atoms with Gasteiger partial charge in [0.15, 0.2) is 5.16 Å². The minimum Gasteiger partial charge on any atom is -0.481 e. The van der Waals surface area contributed by atoms with Gasteiger partial charge >= 0.3 is 5.97 Å². The van der Waals surface area contributed by atoms with E-state index in [-0.39, 0.29) is 17.6 Å². The normalized spacial score (nSPS) is 13.0. The van der Waals surface area contributed by atoms with E-state index in [4.69, 9.17) is 5.11 Å². The Hall–Kier alpha value is -1.56. The molecule has 0 bridgehead atoms. The quantitative estimate of drug-likeness (QED) is 0.821. The Morgan fingerprint density at radius 3 is 2.76 bits per heavy atom. The molecule has 0 saturated carbocycles.